The quantitative estimate of drug-likeness (QED) is 0.796. The van der Waals surface area contributed by atoms with E-state index in [1.54, 1.807) is 0 Å². The third kappa shape index (κ3) is 3.15. The van der Waals surface area contributed by atoms with Crippen molar-refractivity contribution >= 4 is 12.4 Å². The molecule has 0 saturated heterocycles. The first-order chi connectivity index (χ1) is 6.86. The van der Waals surface area contributed by atoms with Gasteiger partial charge in [0.1, 0.15) is 5.75 Å². The van der Waals surface area contributed by atoms with Crippen LogP contribution in [0.5, 0.6) is 5.75 Å². The van der Waals surface area contributed by atoms with E-state index in [-0.39, 0.29) is 23.7 Å². The maximum Gasteiger partial charge on any atom is 0.416 e. The first-order valence-corrected chi connectivity index (χ1v) is 4.14. The van der Waals surface area contributed by atoms with Gasteiger partial charge in [-0.1, -0.05) is 6.08 Å². The van der Waals surface area contributed by atoms with Crippen LogP contribution in [0.4, 0.5) is 13.2 Å². The van der Waals surface area contributed by atoms with Gasteiger partial charge in [-0.25, -0.2) is 0 Å². The molecule has 6 heteroatoms. The lowest BCUT2D eigenvalue weighted by Crippen LogP contribution is -2.10. The molecule has 0 amide bonds. The summed E-state index contributed by atoms with van der Waals surface area (Å²) < 4.78 is 37.0. The van der Waals surface area contributed by atoms with Crippen molar-refractivity contribution < 1.29 is 18.3 Å². The Morgan fingerprint density at radius 3 is 2.38 bits per heavy atom. The average molecular weight is 254 g/mol. The number of halogens is 4. The Balaban J connectivity index is 0.00000225. The third-order valence-electron chi connectivity index (χ3n) is 1.97. The molecular weight excluding hydrogens is 243 g/mol. The molecule has 0 radical (unpaired) electrons. The predicted molar refractivity (Wildman–Crippen MR) is 57.5 cm³/mol. The summed E-state index contributed by atoms with van der Waals surface area (Å²) in [4.78, 5) is 0. The minimum absolute atomic E-state index is 0. The highest BCUT2D eigenvalue weighted by atomic mass is 35.5. The second-order valence-electron chi connectivity index (χ2n) is 3.03. The van der Waals surface area contributed by atoms with Crippen molar-refractivity contribution in [3.63, 3.8) is 0 Å². The second-order valence-corrected chi connectivity index (χ2v) is 3.03. The highest BCUT2D eigenvalue weighted by Gasteiger charge is 2.31. The zero-order chi connectivity index (χ0) is 11.6. The van der Waals surface area contributed by atoms with Crippen molar-refractivity contribution in [1.82, 2.24) is 0 Å². The van der Waals surface area contributed by atoms with Gasteiger partial charge in [0, 0.05) is 5.56 Å². The molecule has 0 unspecified atom stereocenters. The Labute approximate surface area is 97.0 Å². The zero-order valence-corrected chi connectivity index (χ0v) is 8.98. The SMILES string of the molecule is C=C[C@H](N)c1cc(C(F)(F)F)ccc1O.Cl. The molecule has 1 rings (SSSR count). The smallest absolute Gasteiger partial charge is 0.416 e. The molecule has 0 fully saturated rings. The van der Waals surface area contributed by atoms with E-state index in [1.807, 2.05) is 0 Å². The summed E-state index contributed by atoms with van der Waals surface area (Å²) in [6, 6.07) is 1.78. The Morgan fingerprint density at radius 1 is 1.38 bits per heavy atom. The van der Waals surface area contributed by atoms with Crippen molar-refractivity contribution in [3.05, 3.63) is 42.0 Å². The maximum atomic E-state index is 12.3. The Kier molecular flexibility index (Phi) is 4.83. The van der Waals surface area contributed by atoms with Crippen molar-refractivity contribution in [1.29, 1.82) is 0 Å². The molecule has 0 saturated carbocycles. The number of benzene rings is 1. The van der Waals surface area contributed by atoms with E-state index in [0.29, 0.717) is 0 Å². The summed E-state index contributed by atoms with van der Waals surface area (Å²) in [5, 5.41) is 9.31. The standard InChI is InChI=1S/C10H10F3NO.ClH/c1-2-8(14)7-5-6(10(11,12)13)3-4-9(7)15;/h2-5,8,15H,1,14H2;1H/t8-;/m0./s1. The molecule has 0 aromatic heterocycles. The zero-order valence-electron chi connectivity index (χ0n) is 8.16. The number of hydrogen-bond acceptors (Lipinski definition) is 2. The Hall–Kier alpha value is -1.20. The van der Waals surface area contributed by atoms with Gasteiger partial charge in [0.15, 0.2) is 0 Å². The fourth-order valence-corrected chi connectivity index (χ4v) is 1.12. The van der Waals surface area contributed by atoms with Crippen LogP contribution in [-0.4, -0.2) is 5.11 Å². The van der Waals surface area contributed by atoms with E-state index in [1.165, 1.54) is 6.08 Å². The highest BCUT2D eigenvalue weighted by molar-refractivity contribution is 5.85. The normalized spacial score (nSPS) is 12.8. The second kappa shape index (κ2) is 5.23. The molecule has 0 aliphatic carbocycles. The maximum absolute atomic E-state index is 12.3. The van der Waals surface area contributed by atoms with Gasteiger partial charge in [-0.15, -0.1) is 19.0 Å². The predicted octanol–water partition coefficient (Wildman–Crippen LogP) is 3.02. The van der Waals surface area contributed by atoms with Crippen LogP contribution in [0.15, 0.2) is 30.9 Å². The van der Waals surface area contributed by atoms with Gasteiger partial charge in [0.05, 0.1) is 11.6 Å². The lowest BCUT2D eigenvalue weighted by Gasteiger charge is -2.13. The lowest BCUT2D eigenvalue weighted by atomic mass is 10.0. The topological polar surface area (TPSA) is 46.2 Å². The number of aromatic hydroxyl groups is 1. The number of hydrogen-bond donors (Lipinski definition) is 2. The van der Waals surface area contributed by atoms with Gasteiger partial charge in [-0.3, -0.25) is 0 Å². The molecule has 16 heavy (non-hydrogen) atoms. The molecule has 2 nitrogen and oxygen atoms in total. The number of nitrogens with two attached hydrogens (primary N) is 1. The van der Waals surface area contributed by atoms with Gasteiger partial charge in [-0.2, -0.15) is 13.2 Å². The van der Waals surface area contributed by atoms with Gasteiger partial charge in [-0.05, 0) is 18.2 Å². The van der Waals surface area contributed by atoms with E-state index in [4.69, 9.17) is 5.73 Å². The molecule has 0 aliphatic heterocycles. The van der Waals surface area contributed by atoms with Crippen LogP contribution in [0, 0.1) is 0 Å². The van der Waals surface area contributed by atoms with Crippen LogP contribution in [0.1, 0.15) is 17.2 Å². The molecule has 1 aromatic rings. The van der Waals surface area contributed by atoms with Crippen LogP contribution in [0.25, 0.3) is 0 Å². The first kappa shape index (κ1) is 14.8. The summed E-state index contributed by atoms with van der Waals surface area (Å²) in [6.45, 7) is 3.35. The van der Waals surface area contributed by atoms with Crippen LogP contribution >= 0.6 is 12.4 Å². The summed E-state index contributed by atoms with van der Waals surface area (Å²) in [6.07, 6.45) is -3.18. The Morgan fingerprint density at radius 2 is 1.94 bits per heavy atom. The summed E-state index contributed by atoms with van der Waals surface area (Å²) in [5.41, 5.74) is 4.64. The lowest BCUT2D eigenvalue weighted by molar-refractivity contribution is -0.137. The minimum atomic E-state index is -4.44. The van der Waals surface area contributed by atoms with Crippen LogP contribution in [0.3, 0.4) is 0 Å². The fraction of sp³-hybridized carbons (Fsp3) is 0.200. The van der Waals surface area contributed by atoms with Crippen LogP contribution < -0.4 is 5.73 Å². The Bertz CT molecular complexity index is 379. The van der Waals surface area contributed by atoms with Gasteiger partial charge in [0.25, 0.3) is 0 Å². The minimum Gasteiger partial charge on any atom is -0.508 e. The van der Waals surface area contributed by atoms with Crippen molar-refractivity contribution in [2.24, 2.45) is 5.73 Å². The molecular formula is C10H11ClF3NO. The van der Waals surface area contributed by atoms with Crippen molar-refractivity contribution in [2.75, 3.05) is 0 Å². The van der Waals surface area contributed by atoms with Gasteiger partial charge in [0.2, 0.25) is 0 Å². The summed E-state index contributed by atoms with van der Waals surface area (Å²) in [5.74, 6) is -0.268. The average Bonchev–Trinajstić information content (AvgIpc) is 2.15. The van der Waals surface area contributed by atoms with Crippen LogP contribution in [0.2, 0.25) is 0 Å². The third-order valence-corrected chi connectivity index (χ3v) is 1.97. The molecule has 1 aromatic carbocycles. The number of rotatable bonds is 2. The number of alkyl halides is 3. The van der Waals surface area contributed by atoms with E-state index in [9.17, 15) is 18.3 Å². The number of phenols is 1. The highest BCUT2D eigenvalue weighted by Crippen LogP contribution is 2.33. The molecule has 0 bridgehead atoms. The molecule has 0 heterocycles. The monoisotopic (exact) mass is 253 g/mol. The molecule has 90 valence electrons. The summed E-state index contributed by atoms with van der Waals surface area (Å²) >= 11 is 0. The van der Waals surface area contributed by atoms with Gasteiger partial charge >= 0.3 is 6.18 Å². The molecule has 0 spiro atoms. The van der Waals surface area contributed by atoms with Crippen molar-refractivity contribution in [2.45, 2.75) is 12.2 Å². The van der Waals surface area contributed by atoms with E-state index < -0.39 is 17.8 Å². The molecule has 1 atom stereocenters. The van der Waals surface area contributed by atoms with E-state index >= 15 is 0 Å². The first-order valence-electron chi connectivity index (χ1n) is 4.14. The van der Waals surface area contributed by atoms with Gasteiger partial charge < -0.3 is 10.8 Å². The largest absolute Gasteiger partial charge is 0.508 e. The number of phenolic OH excluding ortho intramolecular Hbond substituents is 1. The summed E-state index contributed by atoms with van der Waals surface area (Å²) in [7, 11) is 0. The fourth-order valence-electron chi connectivity index (χ4n) is 1.12. The van der Waals surface area contributed by atoms with E-state index in [2.05, 4.69) is 6.58 Å². The molecule has 3 N–H and O–H groups in total. The van der Waals surface area contributed by atoms with Crippen molar-refractivity contribution in [3.8, 4) is 5.75 Å². The van der Waals surface area contributed by atoms with Crippen LogP contribution in [-0.2, 0) is 6.18 Å². The van der Waals surface area contributed by atoms with E-state index in [0.717, 1.165) is 18.2 Å². The molecule has 0 aliphatic rings.